The largest absolute Gasteiger partial charge is 0.455 e. The van der Waals surface area contributed by atoms with E-state index in [2.05, 4.69) is 5.32 Å². The van der Waals surface area contributed by atoms with Gasteiger partial charge in [-0.2, -0.15) is 0 Å². The second kappa shape index (κ2) is 9.78. The van der Waals surface area contributed by atoms with E-state index in [1.807, 2.05) is 12.1 Å². The summed E-state index contributed by atoms with van der Waals surface area (Å²) in [6.45, 7) is 4.35. The highest BCUT2D eigenvalue weighted by atomic mass is 32.2. The molecule has 0 bridgehead atoms. The smallest absolute Gasteiger partial charge is 0.286 e. The second-order valence-corrected chi connectivity index (χ2v) is 7.69. The molecule has 140 valence electrons. The lowest BCUT2D eigenvalue weighted by molar-refractivity contribution is -0.887. The Morgan fingerprint density at radius 1 is 1.19 bits per heavy atom. The molecule has 4 nitrogen and oxygen atoms in total. The summed E-state index contributed by atoms with van der Waals surface area (Å²) in [5.74, 6) is 2.12. The molecular weight excluding hydrogens is 351 g/mol. The van der Waals surface area contributed by atoms with Gasteiger partial charge in [0.1, 0.15) is 11.6 Å². The van der Waals surface area contributed by atoms with Crippen LogP contribution >= 0.6 is 11.8 Å². The third-order valence-corrected chi connectivity index (χ3v) is 5.62. The van der Waals surface area contributed by atoms with Gasteiger partial charge in [-0.1, -0.05) is 12.1 Å². The molecule has 1 aliphatic heterocycles. The Balaban J connectivity index is 1.35. The highest BCUT2D eigenvalue weighted by Crippen LogP contribution is 2.20. The normalized spacial score (nSPS) is 14.7. The van der Waals surface area contributed by atoms with Gasteiger partial charge in [-0.3, -0.25) is 4.79 Å². The van der Waals surface area contributed by atoms with Gasteiger partial charge in [0.15, 0.2) is 5.76 Å². The van der Waals surface area contributed by atoms with Crippen LogP contribution in [0, 0.1) is 5.82 Å². The van der Waals surface area contributed by atoms with Crippen LogP contribution < -0.4 is 10.2 Å². The van der Waals surface area contributed by atoms with Gasteiger partial charge < -0.3 is 14.6 Å². The number of furan rings is 1. The van der Waals surface area contributed by atoms with Crippen LogP contribution in [0.15, 0.2) is 40.8 Å². The molecule has 0 spiro atoms. The summed E-state index contributed by atoms with van der Waals surface area (Å²) < 4.78 is 18.8. The average molecular weight is 378 g/mol. The number of hydrogen-bond donors (Lipinski definition) is 2. The molecule has 1 fully saturated rings. The van der Waals surface area contributed by atoms with Crippen LogP contribution in [0.1, 0.15) is 41.1 Å². The fourth-order valence-electron chi connectivity index (χ4n) is 3.23. The first-order valence-electron chi connectivity index (χ1n) is 9.23. The highest BCUT2D eigenvalue weighted by Gasteiger charge is 2.15. The van der Waals surface area contributed by atoms with Crippen molar-refractivity contribution in [1.82, 2.24) is 5.32 Å². The number of hydrogen-bond acceptors (Lipinski definition) is 3. The Hall–Kier alpha value is -1.79. The van der Waals surface area contributed by atoms with Crippen LogP contribution in [-0.4, -0.2) is 32.1 Å². The Morgan fingerprint density at radius 3 is 2.85 bits per heavy atom. The van der Waals surface area contributed by atoms with Crippen LogP contribution in [0.3, 0.4) is 0 Å². The molecular formula is C20H26FN2O2S+. The first-order valence-corrected chi connectivity index (χ1v) is 10.4. The molecule has 3 rings (SSSR count). The molecule has 2 heterocycles. The molecule has 0 unspecified atom stereocenters. The van der Waals surface area contributed by atoms with Gasteiger partial charge in [-0.15, -0.1) is 11.8 Å². The maximum Gasteiger partial charge on any atom is 0.286 e. The zero-order valence-electron chi connectivity index (χ0n) is 14.9. The molecule has 0 atom stereocenters. The Bertz CT molecular complexity index is 713. The molecule has 1 aromatic heterocycles. The lowest BCUT2D eigenvalue weighted by Crippen LogP contribution is -3.10. The molecule has 1 aromatic carbocycles. The summed E-state index contributed by atoms with van der Waals surface area (Å²) in [4.78, 5) is 13.8. The van der Waals surface area contributed by atoms with Crippen LogP contribution in [0.25, 0.3) is 0 Å². The molecule has 26 heavy (non-hydrogen) atoms. The number of amides is 1. The Morgan fingerprint density at radius 2 is 2.04 bits per heavy atom. The van der Waals surface area contributed by atoms with E-state index < -0.39 is 0 Å². The maximum atomic E-state index is 13.2. The van der Waals surface area contributed by atoms with Gasteiger partial charge in [0.05, 0.1) is 25.4 Å². The van der Waals surface area contributed by atoms with E-state index in [1.165, 1.54) is 38.1 Å². The number of rotatable bonds is 9. The highest BCUT2D eigenvalue weighted by molar-refractivity contribution is 7.97. The van der Waals surface area contributed by atoms with E-state index in [0.717, 1.165) is 24.3 Å². The summed E-state index contributed by atoms with van der Waals surface area (Å²) >= 11 is 1.63. The first-order chi connectivity index (χ1) is 12.7. The molecule has 0 saturated carbocycles. The molecule has 1 saturated heterocycles. The summed E-state index contributed by atoms with van der Waals surface area (Å²) in [5, 5.41) is 2.93. The number of halogens is 1. The van der Waals surface area contributed by atoms with Crippen molar-refractivity contribution in [2.24, 2.45) is 0 Å². The van der Waals surface area contributed by atoms with Crippen LogP contribution in [0.2, 0.25) is 0 Å². The predicted octanol–water partition coefficient (Wildman–Crippen LogP) is 2.65. The second-order valence-electron chi connectivity index (χ2n) is 6.71. The third kappa shape index (κ3) is 5.88. The van der Waals surface area contributed by atoms with Gasteiger partial charge in [0, 0.05) is 31.6 Å². The van der Waals surface area contributed by atoms with E-state index in [-0.39, 0.29) is 11.7 Å². The van der Waals surface area contributed by atoms with E-state index >= 15 is 0 Å². The maximum absolute atomic E-state index is 13.2. The number of likely N-dealkylation sites (tertiary alicyclic amines) is 1. The number of nitrogens with one attached hydrogen (secondary N) is 2. The summed E-state index contributed by atoms with van der Waals surface area (Å²) in [5.41, 5.74) is 0.944. The number of carbonyl (C=O) groups is 1. The zero-order chi connectivity index (χ0) is 18.2. The van der Waals surface area contributed by atoms with Gasteiger partial charge in [0.25, 0.3) is 5.91 Å². The lowest BCUT2D eigenvalue weighted by atomic mass is 10.2. The number of carbonyl (C=O) groups excluding carboxylic acids is 1. The third-order valence-electron chi connectivity index (χ3n) is 4.59. The molecule has 1 aliphatic rings. The number of quaternary nitrogens is 1. The Kier molecular flexibility index (Phi) is 7.14. The number of thioether (sulfide) groups is 1. The van der Waals surface area contributed by atoms with E-state index in [4.69, 9.17) is 4.42 Å². The minimum absolute atomic E-state index is 0.150. The fraction of sp³-hybridized carbons (Fsp3) is 0.450. The van der Waals surface area contributed by atoms with Gasteiger partial charge in [-0.05, 0) is 29.8 Å². The topological polar surface area (TPSA) is 46.7 Å². The van der Waals surface area contributed by atoms with Crippen molar-refractivity contribution in [2.75, 3.05) is 26.2 Å². The minimum Gasteiger partial charge on any atom is -0.455 e. The van der Waals surface area contributed by atoms with Crippen molar-refractivity contribution in [3.05, 3.63) is 59.3 Å². The summed E-state index contributed by atoms with van der Waals surface area (Å²) in [6, 6.07) is 10.2. The quantitative estimate of drug-likeness (QED) is 0.661. The first kappa shape index (κ1) is 19.0. The summed E-state index contributed by atoms with van der Waals surface area (Å²) in [6.07, 6.45) is 3.65. The monoisotopic (exact) mass is 377 g/mol. The van der Waals surface area contributed by atoms with Crippen molar-refractivity contribution >= 4 is 17.7 Å². The molecule has 0 radical (unpaired) electrons. The molecule has 6 heteroatoms. The van der Waals surface area contributed by atoms with Crippen molar-refractivity contribution in [3.63, 3.8) is 0 Å². The van der Waals surface area contributed by atoms with Crippen LogP contribution in [-0.2, 0) is 11.5 Å². The molecule has 1 amide bonds. The van der Waals surface area contributed by atoms with Crippen molar-refractivity contribution in [2.45, 2.75) is 30.8 Å². The van der Waals surface area contributed by atoms with Crippen molar-refractivity contribution in [1.29, 1.82) is 0 Å². The van der Waals surface area contributed by atoms with E-state index in [0.29, 0.717) is 23.8 Å². The average Bonchev–Trinajstić information content (AvgIpc) is 3.31. The van der Waals surface area contributed by atoms with Gasteiger partial charge in [-0.25, -0.2) is 4.39 Å². The standard InChI is InChI=1S/C20H25FN2O2S/c21-17-6-3-5-16(13-17)14-26-15-18-7-8-19(25-18)20(24)22-9-4-12-23-10-1-2-11-23/h3,5-8,13H,1-2,4,9-12,14-15H2,(H,22,24)/p+1. The molecule has 2 aromatic rings. The van der Waals surface area contributed by atoms with E-state index in [1.54, 1.807) is 28.8 Å². The van der Waals surface area contributed by atoms with Crippen LogP contribution in [0.4, 0.5) is 4.39 Å². The zero-order valence-corrected chi connectivity index (χ0v) is 15.7. The van der Waals surface area contributed by atoms with Gasteiger partial charge >= 0.3 is 0 Å². The summed E-state index contributed by atoms with van der Waals surface area (Å²) in [7, 11) is 0. The van der Waals surface area contributed by atoms with Crippen molar-refractivity contribution in [3.8, 4) is 0 Å². The SMILES string of the molecule is O=C(NCCC[NH+]1CCCC1)c1ccc(CSCc2cccc(F)c2)o1. The lowest BCUT2D eigenvalue weighted by Gasteiger charge is -2.11. The Labute approximate surface area is 158 Å². The fourth-order valence-corrected chi connectivity index (χ4v) is 4.10. The van der Waals surface area contributed by atoms with Gasteiger partial charge in [0.2, 0.25) is 0 Å². The van der Waals surface area contributed by atoms with E-state index in [9.17, 15) is 9.18 Å². The molecule has 2 N–H and O–H groups in total. The van der Waals surface area contributed by atoms with Crippen LogP contribution in [0.5, 0.6) is 0 Å². The minimum atomic E-state index is -0.216. The molecule has 0 aliphatic carbocycles. The number of benzene rings is 1. The predicted molar refractivity (Wildman–Crippen MR) is 102 cm³/mol. The van der Waals surface area contributed by atoms with Crippen molar-refractivity contribution < 1.29 is 18.5 Å².